The molecule has 2 aliphatic rings. The number of ether oxygens (including phenoxy) is 1. The number of pyridine rings is 1. The number of nitrogens with zero attached hydrogens (tertiary/aromatic N) is 2. The highest BCUT2D eigenvalue weighted by Crippen LogP contribution is 2.42. The van der Waals surface area contributed by atoms with Crippen LogP contribution in [-0.2, 0) is 12.0 Å². The number of aromatic nitrogens is 1. The van der Waals surface area contributed by atoms with E-state index >= 15 is 0 Å². The molecule has 1 amide bonds. The Labute approximate surface area is 125 Å². The number of rotatable bonds is 2. The highest BCUT2D eigenvalue weighted by Gasteiger charge is 2.46. The van der Waals surface area contributed by atoms with Crippen molar-refractivity contribution >= 4 is 21.8 Å². The molecule has 0 saturated carbocycles. The molecule has 6 heteroatoms. The Bertz CT molecular complexity index is 667. The third-order valence-electron chi connectivity index (χ3n) is 4.41. The van der Waals surface area contributed by atoms with Gasteiger partial charge in [0.05, 0.1) is 17.1 Å². The minimum atomic E-state index is -0.232. The molecule has 3 heterocycles. The van der Waals surface area contributed by atoms with Gasteiger partial charge in [-0.2, -0.15) is 0 Å². The predicted molar refractivity (Wildman–Crippen MR) is 78.5 cm³/mol. The highest BCUT2D eigenvalue weighted by molar-refractivity contribution is 9.10. The van der Waals surface area contributed by atoms with E-state index in [1.165, 1.54) is 7.11 Å². The van der Waals surface area contributed by atoms with Crippen molar-refractivity contribution in [2.75, 3.05) is 20.2 Å². The fourth-order valence-electron chi connectivity index (χ4n) is 3.41. The van der Waals surface area contributed by atoms with Crippen LogP contribution in [0, 0.1) is 0 Å². The fourth-order valence-corrected chi connectivity index (χ4v) is 3.97. The Morgan fingerprint density at radius 3 is 2.70 bits per heavy atom. The zero-order chi connectivity index (χ0) is 14.7. The summed E-state index contributed by atoms with van der Waals surface area (Å²) in [5.74, 6) is 0.0338. The summed E-state index contributed by atoms with van der Waals surface area (Å²) in [6, 6.07) is 0. The molecule has 0 bridgehead atoms. The van der Waals surface area contributed by atoms with E-state index in [0.717, 1.165) is 18.5 Å². The second-order valence-corrected chi connectivity index (χ2v) is 6.42. The van der Waals surface area contributed by atoms with Gasteiger partial charge in [-0.05, 0) is 42.6 Å². The van der Waals surface area contributed by atoms with Gasteiger partial charge >= 0.3 is 0 Å². The van der Waals surface area contributed by atoms with Gasteiger partial charge in [0.25, 0.3) is 5.91 Å². The lowest BCUT2D eigenvalue weighted by atomic mass is 9.95. The van der Waals surface area contributed by atoms with Gasteiger partial charge in [-0.15, -0.1) is 0 Å². The predicted octanol–water partition coefficient (Wildman–Crippen LogP) is 1.76. The van der Waals surface area contributed by atoms with Crippen molar-refractivity contribution in [3.8, 4) is 5.75 Å². The van der Waals surface area contributed by atoms with Gasteiger partial charge < -0.3 is 14.2 Å². The number of hydrogen-bond acceptors (Lipinski definition) is 3. The van der Waals surface area contributed by atoms with Gasteiger partial charge in [0, 0.05) is 18.8 Å². The molecule has 0 radical (unpaired) electrons. The van der Waals surface area contributed by atoms with E-state index in [9.17, 15) is 9.59 Å². The largest absolute Gasteiger partial charge is 0.491 e. The van der Waals surface area contributed by atoms with Crippen LogP contribution in [0.4, 0.5) is 0 Å². The number of carbonyl (C=O) groups is 1. The summed E-state index contributed by atoms with van der Waals surface area (Å²) >= 11 is 3.38. The molecule has 1 aromatic rings. The summed E-state index contributed by atoms with van der Waals surface area (Å²) in [4.78, 5) is 26.8. The van der Waals surface area contributed by atoms with Gasteiger partial charge in [0.15, 0.2) is 11.4 Å². The third-order valence-corrected chi connectivity index (χ3v) is 5.23. The molecule has 0 N–H and O–H groups in total. The molecular weight excluding hydrogens is 324 g/mol. The summed E-state index contributed by atoms with van der Waals surface area (Å²) < 4.78 is 7.80. The Morgan fingerprint density at radius 1 is 1.40 bits per heavy atom. The first kappa shape index (κ1) is 13.7. The minimum absolute atomic E-state index is 0.116. The smallest absolute Gasteiger partial charge is 0.274 e. The van der Waals surface area contributed by atoms with Crippen LogP contribution < -0.4 is 10.2 Å². The molecule has 5 nitrogen and oxygen atoms in total. The molecule has 1 unspecified atom stereocenters. The van der Waals surface area contributed by atoms with E-state index in [-0.39, 0.29) is 22.6 Å². The van der Waals surface area contributed by atoms with E-state index in [1.807, 2.05) is 11.5 Å². The molecule has 0 saturated heterocycles. The maximum atomic E-state index is 12.6. The number of hydrogen-bond donors (Lipinski definition) is 0. The number of methoxy groups -OCH3 is 1. The molecule has 0 aromatic carbocycles. The molecule has 1 atom stereocenters. The first-order valence-electron chi connectivity index (χ1n) is 6.75. The van der Waals surface area contributed by atoms with Crippen molar-refractivity contribution in [3.05, 3.63) is 26.1 Å². The van der Waals surface area contributed by atoms with Gasteiger partial charge in [-0.3, -0.25) is 9.59 Å². The third kappa shape index (κ3) is 1.54. The number of amides is 1. The molecular formula is C14H17BrN2O3. The van der Waals surface area contributed by atoms with Crippen LogP contribution in [0.2, 0.25) is 0 Å². The maximum Gasteiger partial charge on any atom is 0.274 e. The molecule has 0 spiro atoms. The van der Waals surface area contributed by atoms with Crippen LogP contribution in [-0.4, -0.2) is 35.6 Å². The Hall–Kier alpha value is -1.30. The quantitative estimate of drug-likeness (QED) is 0.824. The van der Waals surface area contributed by atoms with E-state index < -0.39 is 0 Å². The molecule has 1 aromatic heterocycles. The van der Waals surface area contributed by atoms with Gasteiger partial charge in [-0.1, -0.05) is 0 Å². The molecule has 108 valence electrons. The molecule has 0 aliphatic carbocycles. The van der Waals surface area contributed by atoms with Crippen LogP contribution in [0.5, 0.6) is 5.75 Å². The fraction of sp³-hybridized carbons (Fsp3) is 0.571. The summed E-state index contributed by atoms with van der Waals surface area (Å²) in [6.07, 6.45) is 1.73. The summed E-state index contributed by atoms with van der Waals surface area (Å²) in [5, 5.41) is 0. The molecule has 2 aliphatic heterocycles. The van der Waals surface area contributed by atoms with Crippen molar-refractivity contribution in [2.24, 2.45) is 0 Å². The molecule has 3 rings (SSSR count). The topological polar surface area (TPSA) is 51.5 Å². The van der Waals surface area contributed by atoms with Crippen molar-refractivity contribution in [2.45, 2.75) is 32.2 Å². The molecule has 0 fully saturated rings. The average Bonchev–Trinajstić information content (AvgIpc) is 2.77. The van der Waals surface area contributed by atoms with Crippen molar-refractivity contribution in [1.82, 2.24) is 9.47 Å². The van der Waals surface area contributed by atoms with Crippen LogP contribution in [0.1, 0.15) is 36.5 Å². The van der Waals surface area contributed by atoms with E-state index in [4.69, 9.17) is 4.74 Å². The van der Waals surface area contributed by atoms with Crippen LogP contribution in [0.25, 0.3) is 0 Å². The summed E-state index contributed by atoms with van der Waals surface area (Å²) in [6.45, 7) is 5.41. The van der Waals surface area contributed by atoms with Crippen LogP contribution in [0.15, 0.2) is 9.27 Å². The van der Waals surface area contributed by atoms with Gasteiger partial charge in [-0.25, -0.2) is 0 Å². The maximum absolute atomic E-state index is 12.6. The molecule has 20 heavy (non-hydrogen) atoms. The zero-order valence-electron chi connectivity index (χ0n) is 11.8. The lowest BCUT2D eigenvalue weighted by Crippen LogP contribution is -2.51. The Morgan fingerprint density at radius 2 is 2.10 bits per heavy atom. The second-order valence-electron chi connectivity index (χ2n) is 5.62. The lowest BCUT2D eigenvalue weighted by molar-refractivity contribution is 0.0590. The number of halogens is 1. The summed E-state index contributed by atoms with van der Waals surface area (Å²) in [5.41, 5.74) is 0.934. The first-order valence-corrected chi connectivity index (χ1v) is 7.55. The van der Waals surface area contributed by atoms with Crippen LogP contribution in [0.3, 0.4) is 0 Å². The summed E-state index contributed by atoms with van der Waals surface area (Å²) in [7, 11) is 1.44. The lowest BCUT2D eigenvalue weighted by Gasteiger charge is -2.41. The monoisotopic (exact) mass is 340 g/mol. The van der Waals surface area contributed by atoms with Crippen LogP contribution >= 0.6 is 15.9 Å². The normalized spacial score (nSPS) is 24.0. The number of carbonyl (C=O) groups excluding carboxylic acids is 1. The first-order chi connectivity index (χ1) is 9.44. The van der Waals surface area contributed by atoms with Crippen molar-refractivity contribution in [1.29, 1.82) is 0 Å². The average molecular weight is 341 g/mol. The zero-order valence-corrected chi connectivity index (χ0v) is 13.4. The Kier molecular flexibility index (Phi) is 2.97. The minimum Gasteiger partial charge on any atom is -0.491 e. The Balaban J connectivity index is 2.41. The van der Waals surface area contributed by atoms with E-state index in [1.54, 1.807) is 4.90 Å². The van der Waals surface area contributed by atoms with Crippen molar-refractivity contribution < 1.29 is 9.53 Å². The van der Waals surface area contributed by atoms with Crippen molar-refractivity contribution in [3.63, 3.8) is 0 Å². The number of likely N-dealkylation sites (N-methyl/N-ethyl adjacent to an activating group) is 1. The second kappa shape index (κ2) is 4.35. The SMILES string of the molecule is CCN1CC2(C)CCc3c(Br)c(=O)c(OC)c(n32)C1=O. The highest BCUT2D eigenvalue weighted by atomic mass is 79.9. The van der Waals surface area contributed by atoms with E-state index in [0.29, 0.717) is 23.3 Å². The van der Waals surface area contributed by atoms with E-state index in [2.05, 4.69) is 22.9 Å². The van der Waals surface area contributed by atoms with Gasteiger partial charge in [0.1, 0.15) is 0 Å². The standard InChI is InChI=1S/C14H17BrN2O3/c1-4-16-7-14(2)6-5-8-9(15)11(18)12(20-3)10(13(16)19)17(8)14/h4-7H2,1-3H3. The van der Waals surface area contributed by atoms with Gasteiger partial charge in [0.2, 0.25) is 5.43 Å².